The molecule has 0 radical (unpaired) electrons. The van der Waals surface area contributed by atoms with E-state index >= 15 is 0 Å². The van der Waals surface area contributed by atoms with E-state index in [2.05, 4.69) is 16.6 Å². The topological polar surface area (TPSA) is 50.7 Å². The number of nitrogens with zero attached hydrogens (tertiary/aromatic N) is 2. The third kappa shape index (κ3) is 8.86. The average molecular weight is 320 g/mol. The number of alkyl halides is 3. The summed E-state index contributed by atoms with van der Waals surface area (Å²) in [6, 6.07) is 0. The lowest BCUT2D eigenvalue weighted by molar-refractivity contribution is -0.0534. The predicted molar refractivity (Wildman–Crippen MR) is 82.4 cm³/mol. The molecular formula is C14H17ClF3N3. The molecule has 7 heteroatoms. The number of hydrogen-bond acceptors (Lipinski definition) is 2. The zero-order valence-corrected chi connectivity index (χ0v) is 12.5. The van der Waals surface area contributed by atoms with Gasteiger partial charge in [0.15, 0.2) is 0 Å². The Kier molecular flexibility index (Phi) is 8.38. The van der Waals surface area contributed by atoms with Crippen LogP contribution in [0.2, 0.25) is 0 Å². The third-order valence-corrected chi connectivity index (χ3v) is 2.59. The zero-order valence-electron chi connectivity index (χ0n) is 11.8. The first-order chi connectivity index (χ1) is 9.71. The van der Waals surface area contributed by atoms with E-state index in [1.807, 2.05) is 6.92 Å². The summed E-state index contributed by atoms with van der Waals surface area (Å²) in [5, 5.41) is 0.617. The van der Waals surface area contributed by atoms with E-state index < -0.39 is 6.18 Å². The molecule has 0 heterocycles. The van der Waals surface area contributed by atoms with Gasteiger partial charge in [-0.25, -0.2) is 9.98 Å². The maximum atomic E-state index is 11.9. The molecule has 21 heavy (non-hydrogen) atoms. The number of nitrogens with two attached hydrogens (primary N) is 1. The molecule has 0 aliphatic rings. The second kappa shape index (κ2) is 9.18. The lowest BCUT2D eigenvalue weighted by atomic mass is 10.1. The van der Waals surface area contributed by atoms with Crippen molar-refractivity contribution in [3.63, 3.8) is 0 Å². The molecule has 0 aromatic rings. The monoisotopic (exact) mass is 319 g/mol. The molecule has 0 saturated heterocycles. The van der Waals surface area contributed by atoms with Crippen LogP contribution in [0.15, 0.2) is 56.8 Å². The zero-order chi connectivity index (χ0) is 16.5. The SMILES string of the molecule is C=C(/C(=C/C)N=CN=CC(F)(F)F)/C(N)=C\C=C(\Cl)CC. The average Bonchev–Trinajstić information content (AvgIpc) is 2.42. The van der Waals surface area contributed by atoms with Gasteiger partial charge in [0.1, 0.15) is 12.6 Å². The molecule has 0 unspecified atom stereocenters. The molecule has 116 valence electrons. The van der Waals surface area contributed by atoms with Crippen LogP contribution in [0.1, 0.15) is 20.3 Å². The van der Waals surface area contributed by atoms with E-state index in [4.69, 9.17) is 17.3 Å². The molecule has 0 aromatic heterocycles. The van der Waals surface area contributed by atoms with Crippen LogP contribution in [0.3, 0.4) is 0 Å². The second-order valence-corrected chi connectivity index (χ2v) is 4.29. The van der Waals surface area contributed by atoms with E-state index in [0.717, 1.165) is 6.34 Å². The number of halogens is 4. The molecule has 0 fully saturated rings. The lowest BCUT2D eigenvalue weighted by Gasteiger charge is -2.05. The first-order valence-corrected chi connectivity index (χ1v) is 6.40. The van der Waals surface area contributed by atoms with Gasteiger partial charge in [0.25, 0.3) is 0 Å². The molecule has 0 bridgehead atoms. The van der Waals surface area contributed by atoms with Crippen LogP contribution in [0, 0.1) is 0 Å². The number of allylic oxidation sites excluding steroid dienone is 4. The van der Waals surface area contributed by atoms with Gasteiger partial charge in [-0.2, -0.15) is 13.2 Å². The van der Waals surface area contributed by atoms with Gasteiger partial charge < -0.3 is 5.73 Å². The van der Waals surface area contributed by atoms with Gasteiger partial charge in [0.2, 0.25) is 0 Å². The summed E-state index contributed by atoms with van der Waals surface area (Å²) >= 11 is 5.83. The Morgan fingerprint density at radius 3 is 2.43 bits per heavy atom. The Morgan fingerprint density at radius 2 is 1.95 bits per heavy atom. The van der Waals surface area contributed by atoms with Gasteiger partial charge in [-0.15, -0.1) is 0 Å². The van der Waals surface area contributed by atoms with Gasteiger partial charge >= 0.3 is 6.18 Å². The van der Waals surface area contributed by atoms with Gasteiger partial charge in [-0.3, -0.25) is 0 Å². The molecule has 2 N–H and O–H groups in total. The number of aliphatic imine (C=N–C) groups is 2. The van der Waals surface area contributed by atoms with Crippen LogP contribution in [0.5, 0.6) is 0 Å². The van der Waals surface area contributed by atoms with E-state index in [9.17, 15) is 13.2 Å². The minimum Gasteiger partial charge on any atom is -0.398 e. The van der Waals surface area contributed by atoms with Gasteiger partial charge in [-0.05, 0) is 25.5 Å². The summed E-state index contributed by atoms with van der Waals surface area (Å²) in [6.45, 7) is 7.28. The Bertz CT molecular complexity index is 512. The molecule has 0 spiro atoms. The first kappa shape index (κ1) is 19.2. The van der Waals surface area contributed by atoms with Crippen LogP contribution < -0.4 is 5.73 Å². The van der Waals surface area contributed by atoms with Gasteiger partial charge in [0.05, 0.1) is 5.70 Å². The Hall–Kier alpha value is -1.82. The fourth-order valence-electron chi connectivity index (χ4n) is 1.09. The quantitative estimate of drug-likeness (QED) is 0.438. The summed E-state index contributed by atoms with van der Waals surface area (Å²) in [7, 11) is 0. The lowest BCUT2D eigenvalue weighted by Crippen LogP contribution is -2.08. The van der Waals surface area contributed by atoms with Crippen molar-refractivity contribution in [1.29, 1.82) is 0 Å². The highest BCUT2D eigenvalue weighted by Crippen LogP contribution is 2.16. The summed E-state index contributed by atoms with van der Waals surface area (Å²) in [5.74, 6) is 0. The highest BCUT2D eigenvalue weighted by Gasteiger charge is 2.23. The van der Waals surface area contributed by atoms with E-state index in [-0.39, 0.29) is 6.21 Å². The van der Waals surface area contributed by atoms with Crippen LogP contribution >= 0.6 is 11.6 Å². The van der Waals surface area contributed by atoms with Crippen LogP contribution in [0.4, 0.5) is 13.2 Å². The molecule has 0 amide bonds. The molecular weight excluding hydrogens is 303 g/mol. The number of hydrogen-bond donors (Lipinski definition) is 1. The molecule has 0 saturated carbocycles. The Morgan fingerprint density at radius 1 is 1.33 bits per heavy atom. The van der Waals surface area contributed by atoms with Crippen molar-refractivity contribution in [2.75, 3.05) is 0 Å². The largest absolute Gasteiger partial charge is 0.426 e. The van der Waals surface area contributed by atoms with Crippen molar-refractivity contribution < 1.29 is 13.2 Å². The molecule has 0 aromatic carbocycles. The normalized spacial score (nSPS) is 15.2. The molecule has 0 atom stereocenters. The predicted octanol–water partition coefficient (Wildman–Crippen LogP) is 4.48. The minimum absolute atomic E-state index is 0.157. The highest BCUT2D eigenvalue weighted by molar-refractivity contribution is 6.29. The fourth-order valence-corrected chi connectivity index (χ4v) is 1.15. The van der Waals surface area contributed by atoms with Crippen LogP contribution in [0.25, 0.3) is 0 Å². The van der Waals surface area contributed by atoms with Gasteiger partial charge in [-0.1, -0.05) is 31.2 Å². The van der Waals surface area contributed by atoms with Crippen LogP contribution in [-0.2, 0) is 0 Å². The number of rotatable bonds is 6. The standard InChI is InChI=1S/C14H17ClF3N3/c1-4-11(15)6-7-12(19)10(3)13(5-2)21-9-20-8-14(16,17)18/h5-9H,3-4,19H2,1-2H3/b11-6+,12-7+,13-5-,20-8?,21-9?. The van der Waals surface area contributed by atoms with Crippen molar-refractivity contribution in [3.05, 3.63) is 46.8 Å². The van der Waals surface area contributed by atoms with E-state index in [0.29, 0.717) is 28.4 Å². The van der Waals surface area contributed by atoms with Gasteiger partial charge in [0, 0.05) is 16.3 Å². The smallest absolute Gasteiger partial charge is 0.398 e. The van der Waals surface area contributed by atoms with Crippen molar-refractivity contribution in [1.82, 2.24) is 0 Å². The summed E-state index contributed by atoms with van der Waals surface area (Å²) in [5.41, 5.74) is 6.80. The van der Waals surface area contributed by atoms with E-state index in [1.54, 1.807) is 25.2 Å². The first-order valence-electron chi connectivity index (χ1n) is 6.02. The second-order valence-electron chi connectivity index (χ2n) is 3.81. The van der Waals surface area contributed by atoms with Crippen molar-refractivity contribution in [2.24, 2.45) is 15.7 Å². The summed E-state index contributed by atoms with van der Waals surface area (Å²) in [4.78, 5) is 6.82. The van der Waals surface area contributed by atoms with Crippen molar-refractivity contribution in [2.45, 2.75) is 26.4 Å². The Balaban J connectivity index is 4.95. The third-order valence-electron chi connectivity index (χ3n) is 2.20. The summed E-state index contributed by atoms with van der Waals surface area (Å²) in [6.07, 6.45) is 1.57. The molecule has 0 aliphatic heterocycles. The maximum absolute atomic E-state index is 11.9. The van der Waals surface area contributed by atoms with Crippen molar-refractivity contribution in [3.8, 4) is 0 Å². The minimum atomic E-state index is -4.47. The Labute approximate surface area is 127 Å². The highest BCUT2D eigenvalue weighted by atomic mass is 35.5. The van der Waals surface area contributed by atoms with Crippen molar-refractivity contribution >= 4 is 24.2 Å². The molecule has 0 aliphatic carbocycles. The van der Waals surface area contributed by atoms with E-state index in [1.165, 1.54) is 0 Å². The maximum Gasteiger partial charge on any atom is 0.426 e. The molecule has 3 nitrogen and oxygen atoms in total. The van der Waals surface area contributed by atoms with Crippen LogP contribution in [-0.4, -0.2) is 18.7 Å². The summed E-state index contributed by atoms with van der Waals surface area (Å²) < 4.78 is 35.6. The molecule has 0 rings (SSSR count). The fraction of sp³-hybridized carbons (Fsp3) is 0.286.